The van der Waals surface area contributed by atoms with E-state index in [9.17, 15) is 8.42 Å². The lowest BCUT2D eigenvalue weighted by molar-refractivity contribution is 0.546. The van der Waals surface area contributed by atoms with Crippen LogP contribution in [0.2, 0.25) is 0 Å². The summed E-state index contributed by atoms with van der Waals surface area (Å²) in [6.07, 6.45) is 1.29. The molecule has 5 heteroatoms. The van der Waals surface area contributed by atoms with E-state index in [0.29, 0.717) is 5.75 Å². The normalized spacial score (nSPS) is 17.9. The first-order chi connectivity index (χ1) is 7.51. The summed E-state index contributed by atoms with van der Waals surface area (Å²) in [7, 11) is -3.49. The van der Waals surface area contributed by atoms with E-state index >= 15 is 0 Å². The van der Waals surface area contributed by atoms with Gasteiger partial charge in [-0.3, -0.25) is 0 Å². The highest BCUT2D eigenvalue weighted by molar-refractivity contribution is 8.09. The second-order valence-corrected chi connectivity index (χ2v) is 5.51. The molecule has 0 unspecified atom stereocenters. The molecular weight excluding hydrogens is 226 g/mol. The molecule has 84 valence electrons. The van der Waals surface area contributed by atoms with Gasteiger partial charge in [-0.15, -0.1) is 0 Å². The van der Waals surface area contributed by atoms with Crippen LogP contribution in [0.25, 0.3) is 0 Å². The second-order valence-electron chi connectivity index (χ2n) is 3.51. The van der Waals surface area contributed by atoms with Crippen molar-refractivity contribution in [3.8, 4) is 5.75 Å². The van der Waals surface area contributed by atoms with Crippen molar-refractivity contribution >= 4 is 15.1 Å². The molecule has 0 N–H and O–H groups in total. The Morgan fingerprint density at radius 2 is 1.88 bits per heavy atom. The maximum Gasteiger partial charge on any atom is 0.320 e. The summed E-state index contributed by atoms with van der Waals surface area (Å²) < 4.78 is 28.7. The first-order valence-electron chi connectivity index (χ1n) is 4.75. The van der Waals surface area contributed by atoms with Gasteiger partial charge in [-0.05, 0) is 25.5 Å². The molecule has 1 aromatic carbocycles. The minimum atomic E-state index is -3.49. The minimum absolute atomic E-state index is 0.205. The lowest BCUT2D eigenvalue weighted by atomic mass is 10.2. The predicted octanol–water partition coefficient (Wildman–Crippen LogP) is 2.02. The maximum absolute atomic E-state index is 11.7. The number of ether oxygens (including phenoxy) is 1. The highest BCUT2D eigenvalue weighted by Crippen LogP contribution is 2.22. The van der Waals surface area contributed by atoms with E-state index in [4.69, 9.17) is 4.74 Å². The van der Waals surface area contributed by atoms with E-state index in [0.717, 1.165) is 5.56 Å². The van der Waals surface area contributed by atoms with Gasteiger partial charge >= 0.3 is 5.23 Å². The van der Waals surface area contributed by atoms with Crippen LogP contribution in [0.5, 0.6) is 5.75 Å². The van der Waals surface area contributed by atoms with Gasteiger partial charge in [0.15, 0.2) is 0 Å². The monoisotopic (exact) mass is 237 g/mol. The lowest BCUT2D eigenvalue weighted by Crippen LogP contribution is -2.18. The van der Waals surface area contributed by atoms with Gasteiger partial charge in [0.25, 0.3) is 9.84 Å². The van der Waals surface area contributed by atoms with Crippen LogP contribution < -0.4 is 4.74 Å². The van der Waals surface area contributed by atoms with Crippen molar-refractivity contribution in [3.63, 3.8) is 0 Å². The Kier molecular flexibility index (Phi) is 2.55. The van der Waals surface area contributed by atoms with Crippen LogP contribution in [0.4, 0.5) is 0 Å². The summed E-state index contributed by atoms with van der Waals surface area (Å²) >= 11 is 0. The molecule has 0 saturated heterocycles. The van der Waals surface area contributed by atoms with Crippen molar-refractivity contribution in [1.29, 1.82) is 0 Å². The number of aliphatic imine (C=N–C) groups is 1. The van der Waals surface area contributed by atoms with E-state index < -0.39 is 9.84 Å². The van der Waals surface area contributed by atoms with Crippen LogP contribution in [-0.4, -0.2) is 13.6 Å². The highest BCUT2D eigenvalue weighted by atomic mass is 32.2. The van der Waals surface area contributed by atoms with Crippen LogP contribution in [0.1, 0.15) is 12.5 Å². The number of para-hydroxylation sites is 1. The molecule has 1 aliphatic rings. The quantitative estimate of drug-likeness (QED) is 0.750. The Bertz CT molecular complexity index is 585. The molecule has 0 aromatic heterocycles. The van der Waals surface area contributed by atoms with Gasteiger partial charge < -0.3 is 4.74 Å². The summed E-state index contributed by atoms with van der Waals surface area (Å²) in [6.45, 7) is 3.34. The third kappa shape index (κ3) is 1.74. The van der Waals surface area contributed by atoms with Crippen molar-refractivity contribution in [3.05, 3.63) is 40.9 Å². The number of benzene rings is 1. The number of hydrogen-bond acceptors (Lipinski definition) is 4. The Labute approximate surface area is 94.2 Å². The SMILES string of the molecule is CC1=CN=C(Oc2ccccc2C)S1(=O)=O. The van der Waals surface area contributed by atoms with Gasteiger partial charge in [-0.25, -0.2) is 13.4 Å². The Morgan fingerprint density at radius 3 is 2.44 bits per heavy atom. The van der Waals surface area contributed by atoms with Crippen LogP contribution >= 0.6 is 0 Å². The maximum atomic E-state index is 11.7. The Balaban J connectivity index is 2.30. The van der Waals surface area contributed by atoms with E-state index in [1.165, 1.54) is 13.1 Å². The zero-order valence-corrected chi connectivity index (χ0v) is 9.78. The number of hydrogen-bond donors (Lipinski definition) is 0. The third-order valence-electron chi connectivity index (χ3n) is 2.30. The molecule has 0 radical (unpaired) electrons. The molecule has 0 aliphatic carbocycles. The van der Waals surface area contributed by atoms with E-state index in [-0.39, 0.29) is 10.1 Å². The number of rotatable bonds is 1. The summed E-state index contributed by atoms with van der Waals surface area (Å²) in [5.74, 6) is 0.507. The summed E-state index contributed by atoms with van der Waals surface area (Å²) in [6, 6.07) is 7.19. The zero-order chi connectivity index (χ0) is 11.8. The smallest absolute Gasteiger partial charge is 0.320 e. The summed E-state index contributed by atoms with van der Waals surface area (Å²) in [5, 5.41) is -0.251. The fourth-order valence-electron chi connectivity index (χ4n) is 1.27. The average molecular weight is 237 g/mol. The highest BCUT2D eigenvalue weighted by Gasteiger charge is 2.29. The van der Waals surface area contributed by atoms with Gasteiger partial charge in [0.05, 0.1) is 4.91 Å². The molecule has 1 aromatic rings. The Morgan fingerprint density at radius 1 is 1.19 bits per heavy atom. The Hall–Kier alpha value is -1.62. The molecule has 4 nitrogen and oxygen atoms in total. The fourth-order valence-corrected chi connectivity index (χ4v) is 2.12. The third-order valence-corrected chi connectivity index (χ3v) is 3.90. The molecule has 2 rings (SSSR count). The molecule has 1 aliphatic heterocycles. The van der Waals surface area contributed by atoms with Gasteiger partial charge in [0.2, 0.25) is 0 Å². The lowest BCUT2D eigenvalue weighted by Gasteiger charge is -2.07. The largest absolute Gasteiger partial charge is 0.430 e. The van der Waals surface area contributed by atoms with Crippen molar-refractivity contribution in [1.82, 2.24) is 0 Å². The number of sulfone groups is 1. The molecule has 0 saturated carbocycles. The predicted molar refractivity (Wildman–Crippen MR) is 61.9 cm³/mol. The summed E-state index contributed by atoms with van der Waals surface area (Å²) in [5.41, 5.74) is 0.866. The van der Waals surface area contributed by atoms with Gasteiger partial charge in [0.1, 0.15) is 5.75 Å². The van der Waals surface area contributed by atoms with Gasteiger partial charge in [-0.1, -0.05) is 18.2 Å². The van der Waals surface area contributed by atoms with Crippen LogP contribution in [-0.2, 0) is 9.84 Å². The van der Waals surface area contributed by atoms with Crippen molar-refractivity contribution in [2.45, 2.75) is 13.8 Å². The molecule has 0 amide bonds. The molecule has 0 fully saturated rings. The molecule has 1 heterocycles. The molecule has 16 heavy (non-hydrogen) atoms. The van der Waals surface area contributed by atoms with E-state index in [1.807, 2.05) is 19.1 Å². The van der Waals surface area contributed by atoms with Crippen molar-refractivity contribution < 1.29 is 13.2 Å². The minimum Gasteiger partial charge on any atom is -0.430 e. The molecular formula is C11H11NO3S. The van der Waals surface area contributed by atoms with Crippen LogP contribution in [0.15, 0.2) is 40.4 Å². The zero-order valence-electron chi connectivity index (χ0n) is 8.97. The van der Waals surface area contributed by atoms with E-state index in [1.54, 1.807) is 12.1 Å². The fraction of sp³-hybridized carbons (Fsp3) is 0.182. The van der Waals surface area contributed by atoms with Crippen LogP contribution in [0, 0.1) is 6.92 Å². The first-order valence-corrected chi connectivity index (χ1v) is 6.23. The van der Waals surface area contributed by atoms with E-state index in [2.05, 4.69) is 4.99 Å². The first kappa shape index (κ1) is 10.9. The molecule has 0 bridgehead atoms. The molecule has 0 atom stereocenters. The standard InChI is InChI=1S/C11H11NO3S/c1-8-5-3-4-6-10(8)15-11-12-7-9(2)16(11,13)14/h3-7H,1-2H3. The number of aryl methyl sites for hydroxylation is 1. The number of nitrogens with zero attached hydrogens (tertiary/aromatic N) is 1. The van der Waals surface area contributed by atoms with Crippen molar-refractivity contribution in [2.75, 3.05) is 0 Å². The van der Waals surface area contributed by atoms with Gasteiger partial charge in [0, 0.05) is 6.20 Å². The van der Waals surface area contributed by atoms with Gasteiger partial charge in [-0.2, -0.15) is 0 Å². The van der Waals surface area contributed by atoms with Crippen molar-refractivity contribution in [2.24, 2.45) is 4.99 Å². The molecule has 0 spiro atoms. The second kappa shape index (κ2) is 3.75. The van der Waals surface area contributed by atoms with Crippen LogP contribution in [0.3, 0.4) is 0 Å². The summed E-state index contributed by atoms with van der Waals surface area (Å²) in [4.78, 5) is 3.96. The number of allylic oxidation sites excluding steroid dienone is 1. The average Bonchev–Trinajstić information content (AvgIpc) is 2.48. The topological polar surface area (TPSA) is 55.7 Å².